The molecule has 0 unspecified atom stereocenters. The summed E-state index contributed by atoms with van der Waals surface area (Å²) in [6, 6.07) is 0. The molecule has 0 aromatic rings. The van der Waals surface area contributed by atoms with Crippen LogP contribution < -0.4 is 0 Å². The van der Waals surface area contributed by atoms with Gasteiger partial charge in [0.1, 0.15) is 0 Å². The monoisotopic (exact) mass is 292 g/mol. The van der Waals surface area contributed by atoms with E-state index in [4.69, 9.17) is 5.11 Å². The molecule has 0 aliphatic carbocycles. The average Bonchev–Trinajstić information content (AvgIpc) is 2.25. The molecule has 3 nitrogen and oxygen atoms in total. The van der Waals surface area contributed by atoms with Crippen molar-refractivity contribution in [3.05, 3.63) is 0 Å². The third-order valence-electron chi connectivity index (χ3n) is 2.75. The van der Waals surface area contributed by atoms with Gasteiger partial charge in [-0.1, -0.05) is 0 Å². The third-order valence-corrected chi connectivity index (χ3v) is 4.18. The predicted octanol–water partition coefficient (Wildman–Crippen LogP) is 3.23. The van der Waals surface area contributed by atoms with Crippen molar-refractivity contribution in [2.75, 3.05) is 6.61 Å². The quantitative estimate of drug-likeness (QED) is 0.444. The molecule has 0 bridgehead atoms. The van der Waals surface area contributed by atoms with Crippen LogP contribution >= 0.6 is 0 Å². The van der Waals surface area contributed by atoms with Gasteiger partial charge in [-0.25, -0.2) is 0 Å². The second kappa shape index (κ2) is 13.2. The summed E-state index contributed by atoms with van der Waals surface area (Å²) >= 11 is -2.83. The van der Waals surface area contributed by atoms with Gasteiger partial charge in [0.15, 0.2) is 0 Å². The van der Waals surface area contributed by atoms with Gasteiger partial charge in [0, 0.05) is 0 Å². The Kier molecular flexibility index (Phi) is 13.3. The van der Waals surface area contributed by atoms with Gasteiger partial charge in [0.25, 0.3) is 0 Å². The van der Waals surface area contributed by atoms with Gasteiger partial charge in [0.05, 0.1) is 0 Å². The molecule has 96 valence electrons. The van der Waals surface area contributed by atoms with Crippen LogP contribution in [0.1, 0.15) is 64.2 Å². The first-order valence-corrected chi connectivity index (χ1v) is 9.36. The fraction of sp³-hybridized carbons (Fsp3) is 1.00. The van der Waals surface area contributed by atoms with E-state index in [0.717, 1.165) is 25.7 Å². The molecule has 0 saturated heterocycles. The van der Waals surface area contributed by atoms with Crippen molar-refractivity contribution in [3.63, 3.8) is 0 Å². The number of hydrogen-bond acceptors (Lipinski definition) is 3. The molecule has 0 amide bonds. The molecule has 0 spiro atoms. The molecular weight excluding hydrogens is 267 g/mol. The smallest absolute Gasteiger partial charge is 0.396 e. The summed E-state index contributed by atoms with van der Waals surface area (Å²) in [4.78, 5) is 0. The normalized spacial score (nSPS) is 10.6. The van der Waals surface area contributed by atoms with Crippen LogP contribution in [0, 0.1) is 0 Å². The Bertz CT molecular complexity index is 194. The van der Waals surface area contributed by atoms with Gasteiger partial charge in [-0.15, -0.1) is 0 Å². The molecule has 0 fully saturated rings. The van der Waals surface area contributed by atoms with Crippen LogP contribution in [0.5, 0.6) is 0 Å². The Morgan fingerprint density at radius 1 is 0.625 bits per heavy atom. The molecule has 1 N–H and O–H groups in total. The second-order valence-electron chi connectivity index (χ2n) is 4.32. The predicted molar refractivity (Wildman–Crippen MR) is 65.2 cm³/mol. The number of unbranched alkanes of at least 4 members (excludes halogenated alkanes) is 9. The Labute approximate surface area is 103 Å². The summed E-state index contributed by atoms with van der Waals surface area (Å²) in [5, 5.41) is 9.03. The number of rotatable bonds is 12. The van der Waals surface area contributed by atoms with E-state index >= 15 is 0 Å². The number of hydrogen-bond donors (Lipinski definition) is 1. The van der Waals surface area contributed by atoms with Crippen molar-refractivity contribution in [2.24, 2.45) is 0 Å². The number of aliphatic hydroxyl groups excluding tert-OH is 1. The van der Waals surface area contributed by atoms with Gasteiger partial charge in [0.2, 0.25) is 0 Å². The van der Waals surface area contributed by atoms with Crippen LogP contribution in [0.2, 0.25) is 5.21 Å². The van der Waals surface area contributed by atoms with Crippen molar-refractivity contribution in [2.45, 2.75) is 69.4 Å². The van der Waals surface area contributed by atoms with Gasteiger partial charge in [-0.2, -0.15) is 0 Å². The first-order chi connectivity index (χ1) is 7.77. The molecule has 0 rings (SSSR count). The SMILES string of the molecule is O=[As](=O)CCCCCCCCCCCCO. The standard InChI is InChI=1S/C12H25AsO3/c14-12-10-8-6-4-2-1-3-5-7-9-11-13(15)16/h14H,1-12H2. The zero-order valence-electron chi connectivity index (χ0n) is 10.2. The topological polar surface area (TPSA) is 54.4 Å². The minimum atomic E-state index is -2.83. The summed E-state index contributed by atoms with van der Waals surface area (Å²) in [6.07, 6.45) is 11.5. The molecule has 0 aromatic carbocycles. The molecule has 4 heteroatoms. The minimum absolute atomic E-state index is 0.323. The fourth-order valence-corrected chi connectivity index (χ4v) is 2.78. The maximum atomic E-state index is 10.4. The Hall–Kier alpha value is 0.118. The number of aliphatic hydroxyl groups is 1. The average molecular weight is 292 g/mol. The summed E-state index contributed by atoms with van der Waals surface area (Å²) in [5.41, 5.74) is 0. The Morgan fingerprint density at radius 2 is 1.00 bits per heavy atom. The second-order valence-corrected chi connectivity index (χ2v) is 6.65. The van der Waals surface area contributed by atoms with E-state index in [2.05, 4.69) is 0 Å². The van der Waals surface area contributed by atoms with Crippen LogP contribution in [0.25, 0.3) is 0 Å². The van der Waals surface area contributed by atoms with E-state index in [1.165, 1.54) is 38.5 Å². The van der Waals surface area contributed by atoms with Crippen molar-refractivity contribution >= 4 is 14.5 Å². The van der Waals surface area contributed by atoms with Crippen LogP contribution in [-0.2, 0) is 7.48 Å². The van der Waals surface area contributed by atoms with Crippen molar-refractivity contribution in [1.29, 1.82) is 0 Å². The summed E-state index contributed by atoms with van der Waals surface area (Å²) in [5.74, 6) is 0. The summed E-state index contributed by atoms with van der Waals surface area (Å²) < 4.78 is 20.7. The first kappa shape index (κ1) is 16.1. The minimum Gasteiger partial charge on any atom is -0.396 e. The molecule has 0 aromatic heterocycles. The molecule has 0 atom stereocenters. The molecule has 16 heavy (non-hydrogen) atoms. The summed E-state index contributed by atoms with van der Waals surface area (Å²) in [6.45, 7) is 0.323. The molecule has 0 aliphatic rings. The van der Waals surface area contributed by atoms with E-state index in [1.807, 2.05) is 0 Å². The Morgan fingerprint density at radius 3 is 1.38 bits per heavy atom. The van der Waals surface area contributed by atoms with E-state index in [-0.39, 0.29) is 0 Å². The van der Waals surface area contributed by atoms with Gasteiger partial charge in [-0.3, -0.25) is 0 Å². The summed E-state index contributed by atoms with van der Waals surface area (Å²) in [7, 11) is 0. The van der Waals surface area contributed by atoms with E-state index in [0.29, 0.717) is 11.8 Å². The van der Waals surface area contributed by atoms with Crippen LogP contribution in [0.3, 0.4) is 0 Å². The van der Waals surface area contributed by atoms with Crippen LogP contribution in [0.4, 0.5) is 0 Å². The third kappa shape index (κ3) is 14.1. The maximum absolute atomic E-state index is 10.4. The van der Waals surface area contributed by atoms with Gasteiger partial charge in [-0.05, 0) is 0 Å². The van der Waals surface area contributed by atoms with Crippen LogP contribution in [0.15, 0.2) is 0 Å². The van der Waals surface area contributed by atoms with Crippen molar-refractivity contribution in [3.8, 4) is 0 Å². The van der Waals surface area contributed by atoms with Crippen molar-refractivity contribution in [1.82, 2.24) is 0 Å². The molecule has 0 radical (unpaired) electrons. The van der Waals surface area contributed by atoms with Crippen LogP contribution in [-0.4, -0.2) is 26.2 Å². The molecule has 0 saturated carbocycles. The molecule has 0 heterocycles. The zero-order valence-corrected chi connectivity index (χ0v) is 12.1. The molecular formula is C12H25AsO3. The fourth-order valence-electron chi connectivity index (χ4n) is 1.77. The van der Waals surface area contributed by atoms with E-state index in [1.54, 1.807) is 0 Å². The zero-order chi connectivity index (χ0) is 12.1. The van der Waals surface area contributed by atoms with Crippen molar-refractivity contribution < 1.29 is 12.6 Å². The van der Waals surface area contributed by atoms with E-state index in [9.17, 15) is 7.48 Å². The van der Waals surface area contributed by atoms with E-state index < -0.39 is 14.5 Å². The van der Waals surface area contributed by atoms with Gasteiger partial charge < -0.3 is 5.11 Å². The first-order valence-electron chi connectivity index (χ1n) is 6.50. The Balaban J connectivity index is 2.93. The van der Waals surface area contributed by atoms with Gasteiger partial charge >= 0.3 is 98.0 Å². The molecule has 0 aliphatic heterocycles.